The molecule has 0 radical (unpaired) electrons. The third-order valence-corrected chi connectivity index (χ3v) is 4.67. The Bertz CT molecular complexity index is 718. The number of furan rings is 1. The van der Waals surface area contributed by atoms with E-state index in [0.29, 0.717) is 30.6 Å². The predicted molar refractivity (Wildman–Crippen MR) is 81.0 cm³/mol. The van der Waals surface area contributed by atoms with Crippen molar-refractivity contribution >= 4 is 5.91 Å². The molecule has 2 aliphatic rings. The Morgan fingerprint density at radius 2 is 2.17 bits per heavy atom. The molecule has 2 aromatic heterocycles. The van der Waals surface area contributed by atoms with Crippen molar-refractivity contribution in [1.29, 1.82) is 0 Å². The Morgan fingerprint density at radius 3 is 2.87 bits per heavy atom. The molecule has 0 aromatic carbocycles. The summed E-state index contributed by atoms with van der Waals surface area (Å²) < 4.78 is 10.7. The van der Waals surface area contributed by atoms with E-state index in [-0.39, 0.29) is 11.9 Å². The lowest BCUT2D eigenvalue weighted by Crippen LogP contribution is -2.49. The zero-order valence-electron chi connectivity index (χ0n) is 13.4. The zero-order chi connectivity index (χ0) is 16.0. The average molecular weight is 316 g/mol. The summed E-state index contributed by atoms with van der Waals surface area (Å²) in [6.07, 6.45) is 3.81. The van der Waals surface area contributed by atoms with E-state index >= 15 is 0 Å². The molecule has 23 heavy (non-hydrogen) atoms. The largest absolute Gasteiger partial charge is 0.459 e. The molecule has 3 heterocycles. The molecule has 1 amide bonds. The van der Waals surface area contributed by atoms with Gasteiger partial charge in [0.15, 0.2) is 11.6 Å². The fourth-order valence-corrected chi connectivity index (χ4v) is 2.95. The summed E-state index contributed by atoms with van der Waals surface area (Å²) in [7, 11) is 2.03. The summed E-state index contributed by atoms with van der Waals surface area (Å²) in [4.78, 5) is 21.2. The maximum absolute atomic E-state index is 12.6. The first-order valence-electron chi connectivity index (χ1n) is 8.00. The van der Waals surface area contributed by atoms with Gasteiger partial charge in [-0.2, -0.15) is 4.98 Å². The Morgan fingerprint density at radius 1 is 1.35 bits per heavy atom. The lowest BCUT2D eigenvalue weighted by atomic mass is 10.1. The van der Waals surface area contributed by atoms with Gasteiger partial charge < -0.3 is 13.8 Å². The molecule has 1 aliphatic heterocycles. The second kappa shape index (κ2) is 5.49. The number of hydrogen-bond acceptors (Lipinski definition) is 6. The molecule has 1 atom stereocenters. The van der Waals surface area contributed by atoms with Gasteiger partial charge in [-0.15, -0.1) is 0 Å². The second-order valence-electron chi connectivity index (χ2n) is 6.45. The van der Waals surface area contributed by atoms with Gasteiger partial charge in [0.1, 0.15) is 0 Å². The Hall–Kier alpha value is -2.15. The van der Waals surface area contributed by atoms with Gasteiger partial charge in [0.25, 0.3) is 5.91 Å². The number of carbonyl (C=O) groups excluding carboxylic acids is 1. The molecule has 1 unspecified atom stereocenters. The highest BCUT2D eigenvalue weighted by Gasteiger charge is 2.35. The minimum Gasteiger partial charge on any atom is -0.459 e. The van der Waals surface area contributed by atoms with Crippen LogP contribution in [0.3, 0.4) is 0 Å². The smallest absolute Gasteiger partial charge is 0.289 e. The van der Waals surface area contributed by atoms with Crippen LogP contribution in [-0.2, 0) is 0 Å². The number of nitrogens with zero attached hydrogens (tertiary/aromatic N) is 4. The highest BCUT2D eigenvalue weighted by atomic mass is 16.5. The highest BCUT2D eigenvalue weighted by Crippen LogP contribution is 2.39. The zero-order valence-corrected chi connectivity index (χ0v) is 13.4. The van der Waals surface area contributed by atoms with Gasteiger partial charge in [0, 0.05) is 31.1 Å². The maximum Gasteiger partial charge on any atom is 0.289 e. The van der Waals surface area contributed by atoms with Crippen LogP contribution in [0.5, 0.6) is 0 Å². The first-order chi connectivity index (χ1) is 11.1. The van der Waals surface area contributed by atoms with Gasteiger partial charge in [-0.25, -0.2) is 0 Å². The molecule has 2 aromatic rings. The molecular formula is C16H20N4O3. The standard InChI is InChI=1S/C16H20N4O3/c1-10-5-8-22-13(10)16(21)20-7-6-19(2)12(9-20)14-17-15(23-18-14)11-3-4-11/h5,8,11-12H,3-4,6-7,9H2,1-2H3. The monoisotopic (exact) mass is 316 g/mol. The van der Waals surface area contributed by atoms with Crippen LogP contribution >= 0.6 is 0 Å². The van der Waals surface area contributed by atoms with E-state index in [2.05, 4.69) is 15.0 Å². The Labute approximate surface area is 134 Å². The van der Waals surface area contributed by atoms with E-state index in [9.17, 15) is 4.79 Å². The Balaban J connectivity index is 1.53. The third kappa shape index (κ3) is 2.65. The number of aromatic nitrogens is 2. The van der Waals surface area contributed by atoms with Gasteiger partial charge >= 0.3 is 0 Å². The van der Waals surface area contributed by atoms with Crippen molar-refractivity contribution in [2.45, 2.75) is 31.7 Å². The number of carbonyl (C=O) groups is 1. The first kappa shape index (κ1) is 14.4. The van der Waals surface area contributed by atoms with E-state index in [4.69, 9.17) is 8.94 Å². The molecule has 0 bridgehead atoms. The number of amides is 1. The van der Waals surface area contributed by atoms with Gasteiger partial charge in [-0.1, -0.05) is 5.16 Å². The van der Waals surface area contributed by atoms with E-state index < -0.39 is 0 Å². The number of piperazine rings is 1. The van der Waals surface area contributed by atoms with Gasteiger partial charge in [0.05, 0.1) is 12.3 Å². The van der Waals surface area contributed by atoms with Crippen molar-refractivity contribution in [2.24, 2.45) is 0 Å². The fourth-order valence-electron chi connectivity index (χ4n) is 2.95. The summed E-state index contributed by atoms with van der Waals surface area (Å²) in [5.74, 6) is 2.19. The van der Waals surface area contributed by atoms with Crippen LogP contribution < -0.4 is 0 Å². The van der Waals surface area contributed by atoms with Crippen LogP contribution in [0, 0.1) is 6.92 Å². The lowest BCUT2D eigenvalue weighted by molar-refractivity contribution is 0.0500. The molecule has 2 fully saturated rings. The summed E-state index contributed by atoms with van der Waals surface area (Å²) in [5.41, 5.74) is 0.862. The van der Waals surface area contributed by atoms with Crippen LogP contribution in [0.25, 0.3) is 0 Å². The van der Waals surface area contributed by atoms with Crippen molar-refractivity contribution in [1.82, 2.24) is 19.9 Å². The molecule has 0 spiro atoms. The average Bonchev–Trinajstić information content (AvgIpc) is 3.12. The highest BCUT2D eigenvalue weighted by molar-refractivity contribution is 5.92. The second-order valence-corrected chi connectivity index (χ2v) is 6.45. The SMILES string of the molecule is Cc1ccoc1C(=O)N1CCN(C)C(c2noc(C3CC3)n2)C1. The maximum atomic E-state index is 12.6. The van der Waals surface area contributed by atoms with Gasteiger partial charge in [0.2, 0.25) is 5.89 Å². The van der Waals surface area contributed by atoms with Crippen LogP contribution in [0.15, 0.2) is 21.3 Å². The predicted octanol–water partition coefficient (Wildman–Crippen LogP) is 1.98. The van der Waals surface area contributed by atoms with Crippen LogP contribution in [0.4, 0.5) is 0 Å². The molecule has 0 N–H and O–H groups in total. The van der Waals surface area contributed by atoms with Crippen LogP contribution in [0.2, 0.25) is 0 Å². The number of rotatable bonds is 3. The molecule has 1 saturated carbocycles. The van der Waals surface area contributed by atoms with Crippen molar-refractivity contribution in [2.75, 3.05) is 26.7 Å². The normalized spacial score (nSPS) is 22.5. The molecule has 7 heteroatoms. The van der Waals surface area contributed by atoms with Gasteiger partial charge in [-0.05, 0) is 32.9 Å². The molecule has 7 nitrogen and oxygen atoms in total. The molecule has 1 aliphatic carbocycles. The summed E-state index contributed by atoms with van der Waals surface area (Å²) in [6, 6.07) is 1.77. The van der Waals surface area contributed by atoms with Crippen molar-refractivity contribution < 1.29 is 13.7 Å². The summed E-state index contributed by atoms with van der Waals surface area (Å²) in [5, 5.41) is 4.14. The fraction of sp³-hybridized carbons (Fsp3) is 0.562. The van der Waals surface area contributed by atoms with Crippen molar-refractivity contribution in [3.05, 3.63) is 35.4 Å². The summed E-state index contributed by atoms with van der Waals surface area (Å²) >= 11 is 0. The molecule has 122 valence electrons. The van der Waals surface area contributed by atoms with E-state index in [1.54, 1.807) is 6.26 Å². The molecule has 1 saturated heterocycles. The molecular weight excluding hydrogens is 296 g/mol. The number of aryl methyl sites for hydroxylation is 1. The summed E-state index contributed by atoms with van der Waals surface area (Å²) in [6.45, 7) is 3.85. The number of hydrogen-bond donors (Lipinski definition) is 0. The third-order valence-electron chi connectivity index (χ3n) is 4.67. The topological polar surface area (TPSA) is 75.6 Å². The van der Waals surface area contributed by atoms with Crippen LogP contribution in [-0.4, -0.2) is 52.5 Å². The first-order valence-corrected chi connectivity index (χ1v) is 8.00. The van der Waals surface area contributed by atoms with Crippen molar-refractivity contribution in [3.63, 3.8) is 0 Å². The molecule has 4 rings (SSSR count). The van der Waals surface area contributed by atoms with Crippen molar-refractivity contribution in [3.8, 4) is 0 Å². The van der Waals surface area contributed by atoms with Gasteiger partial charge in [-0.3, -0.25) is 9.69 Å². The van der Waals surface area contributed by atoms with E-state index in [0.717, 1.165) is 30.8 Å². The Kier molecular flexibility index (Phi) is 3.45. The lowest BCUT2D eigenvalue weighted by Gasteiger charge is -2.37. The van der Waals surface area contributed by atoms with Crippen LogP contribution in [0.1, 0.15) is 52.6 Å². The van der Waals surface area contributed by atoms with E-state index in [1.165, 1.54) is 0 Å². The van der Waals surface area contributed by atoms with E-state index in [1.807, 2.05) is 24.9 Å². The quantitative estimate of drug-likeness (QED) is 0.862. The number of likely N-dealkylation sites (N-methyl/N-ethyl adjacent to an activating group) is 1. The minimum absolute atomic E-state index is 0.0424. The minimum atomic E-state index is -0.0727.